The van der Waals surface area contributed by atoms with E-state index in [1.54, 1.807) is 0 Å². The van der Waals surface area contributed by atoms with Crippen molar-refractivity contribution >= 4 is 49.0 Å². The number of aromatic nitrogens is 1. The molecule has 1 unspecified atom stereocenters. The Bertz CT molecular complexity index is 2660. The van der Waals surface area contributed by atoms with E-state index in [4.69, 9.17) is 5.73 Å². The van der Waals surface area contributed by atoms with Gasteiger partial charge in [0.15, 0.2) is 0 Å². The lowest BCUT2D eigenvalue weighted by Crippen LogP contribution is -2.57. The maximum absolute atomic E-state index is 7.74. The average molecular weight is 645 g/mol. The molecule has 8 aromatic carbocycles. The molecule has 0 spiro atoms. The van der Waals surface area contributed by atoms with Crippen LogP contribution in [0.2, 0.25) is 0 Å². The Morgan fingerprint density at radius 2 is 1.12 bits per heavy atom. The van der Waals surface area contributed by atoms with Gasteiger partial charge in [-0.05, 0) is 75.3 Å². The fraction of sp³-hybridized carbons (Fsp3) is 0.0435. The zero-order chi connectivity index (χ0) is 33.7. The number of rotatable bonds is 7. The summed E-state index contributed by atoms with van der Waals surface area (Å²) in [5.41, 5.74) is 19.1. The second-order valence-electron chi connectivity index (χ2n) is 13.0. The molecule has 9 aromatic rings. The van der Waals surface area contributed by atoms with Gasteiger partial charge in [-0.3, -0.25) is 0 Å². The van der Waals surface area contributed by atoms with Crippen molar-refractivity contribution in [2.45, 2.75) is 5.66 Å². The van der Waals surface area contributed by atoms with Crippen molar-refractivity contribution in [1.82, 2.24) is 9.99 Å². The topological polar surface area (TPSA) is 46.2 Å². The first-order valence-electron chi connectivity index (χ1n) is 17.0. The SMILES string of the molecule is CN(NC(N)(c1cccc(-c2ccccc2)c1)c1ccc(-n2c3ccccc3c3cc4ccccc4cc32)c2ccccc12)c1ccccc1. The van der Waals surface area contributed by atoms with Gasteiger partial charge >= 0.3 is 0 Å². The summed E-state index contributed by atoms with van der Waals surface area (Å²) in [7, 11) is 2.02. The van der Waals surface area contributed by atoms with Gasteiger partial charge in [0.2, 0.25) is 0 Å². The van der Waals surface area contributed by atoms with Crippen molar-refractivity contribution in [3.05, 3.63) is 193 Å². The van der Waals surface area contributed by atoms with Crippen LogP contribution < -0.4 is 16.2 Å². The first-order chi connectivity index (χ1) is 24.6. The third kappa shape index (κ3) is 4.93. The normalized spacial score (nSPS) is 12.8. The van der Waals surface area contributed by atoms with Crippen LogP contribution in [0.25, 0.3) is 60.2 Å². The van der Waals surface area contributed by atoms with Crippen LogP contribution in [0.3, 0.4) is 0 Å². The molecule has 9 rings (SSSR count). The Morgan fingerprint density at radius 1 is 0.500 bits per heavy atom. The molecule has 0 radical (unpaired) electrons. The summed E-state index contributed by atoms with van der Waals surface area (Å²) in [6.45, 7) is 0. The minimum Gasteiger partial charge on any atom is -0.309 e. The number of hydrogen-bond acceptors (Lipinski definition) is 3. The quantitative estimate of drug-likeness (QED) is 0.134. The largest absolute Gasteiger partial charge is 0.309 e. The van der Waals surface area contributed by atoms with Crippen molar-refractivity contribution in [1.29, 1.82) is 0 Å². The highest BCUT2D eigenvalue weighted by molar-refractivity contribution is 6.14. The molecule has 1 aromatic heterocycles. The highest BCUT2D eigenvalue weighted by Gasteiger charge is 2.34. The van der Waals surface area contributed by atoms with E-state index in [2.05, 4.69) is 168 Å². The summed E-state index contributed by atoms with van der Waals surface area (Å²) < 4.78 is 2.42. The number of nitrogens with one attached hydrogen (secondary N) is 1. The maximum Gasteiger partial charge on any atom is 0.136 e. The fourth-order valence-corrected chi connectivity index (χ4v) is 7.57. The van der Waals surface area contributed by atoms with Crippen LogP contribution in [-0.4, -0.2) is 11.6 Å². The van der Waals surface area contributed by atoms with Crippen LogP contribution in [-0.2, 0) is 5.66 Å². The molecule has 1 atom stereocenters. The summed E-state index contributed by atoms with van der Waals surface area (Å²) in [6.07, 6.45) is 0. The summed E-state index contributed by atoms with van der Waals surface area (Å²) in [5.74, 6) is 0. The predicted molar refractivity (Wildman–Crippen MR) is 211 cm³/mol. The van der Waals surface area contributed by atoms with Gasteiger partial charge in [-0.25, -0.2) is 5.43 Å². The minimum absolute atomic E-state index is 0.961. The first-order valence-corrected chi connectivity index (χ1v) is 17.0. The Balaban J connectivity index is 1.29. The van der Waals surface area contributed by atoms with Crippen molar-refractivity contribution in [2.75, 3.05) is 12.1 Å². The molecule has 4 heteroatoms. The third-order valence-corrected chi connectivity index (χ3v) is 10.0. The van der Waals surface area contributed by atoms with Gasteiger partial charge in [-0.1, -0.05) is 140 Å². The van der Waals surface area contributed by atoms with E-state index < -0.39 is 5.66 Å². The van der Waals surface area contributed by atoms with Gasteiger partial charge in [0.25, 0.3) is 0 Å². The molecule has 0 bridgehead atoms. The molecule has 3 N–H and O–H groups in total. The molecular weight excluding hydrogens is 609 g/mol. The molecule has 240 valence electrons. The highest BCUT2D eigenvalue weighted by atomic mass is 15.5. The number of hydrazine groups is 1. The van der Waals surface area contributed by atoms with E-state index in [9.17, 15) is 0 Å². The van der Waals surface area contributed by atoms with Crippen molar-refractivity contribution < 1.29 is 0 Å². The first kappa shape index (κ1) is 29.9. The average Bonchev–Trinajstić information content (AvgIpc) is 3.50. The second kappa shape index (κ2) is 12.0. The van der Waals surface area contributed by atoms with Crippen molar-refractivity contribution in [3.8, 4) is 16.8 Å². The molecule has 0 saturated heterocycles. The van der Waals surface area contributed by atoms with Crippen LogP contribution in [0.4, 0.5) is 5.69 Å². The van der Waals surface area contributed by atoms with Gasteiger partial charge in [0.05, 0.1) is 22.4 Å². The molecule has 0 saturated carbocycles. The molecule has 0 aliphatic rings. The molecule has 50 heavy (non-hydrogen) atoms. The fourth-order valence-electron chi connectivity index (χ4n) is 7.57. The molecule has 1 heterocycles. The van der Waals surface area contributed by atoms with Gasteiger partial charge in [0.1, 0.15) is 5.66 Å². The second-order valence-corrected chi connectivity index (χ2v) is 13.0. The Labute approximate surface area is 291 Å². The molecule has 0 aliphatic heterocycles. The number of nitrogens with zero attached hydrogens (tertiary/aromatic N) is 2. The van der Waals surface area contributed by atoms with Crippen LogP contribution in [0.5, 0.6) is 0 Å². The van der Waals surface area contributed by atoms with E-state index in [-0.39, 0.29) is 0 Å². The van der Waals surface area contributed by atoms with E-state index >= 15 is 0 Å². The Hall–Kier alpha value is -6.20. The lowest BCUT2D eigenvalue weighted by Gasteiger charge is -2.38. The zero-order valence-electron chi connectivity index (χ0n) is 27.8. The van der Waals surface area contributed by atoms with Crippen LogP contribution in [0.1, 0.15) is 11.1 Å². The van der Waals surface area contributed by atoms with Crippen LogP contribution >= 0.6 is 0 Å². The molecule has 0 aliphatic carbocycles. The van der Waals surface area contributed by atoms with Crippen molar-refractivity contribution in [3.63, 3.8) is 0 Å². The predicted octanol–water partition coefficient (Wildman–Crippen LogP) is 10.6. The minimum atomic E-state index is -1.09. The summed E-state index contributed by atoms with van der Waals surface area (Å²) in [5, 5.41) is 9.16. The summed E-state index contributed by atoms with van der Waals surface area (Å²) in [6, 6.07) is 64.4. The number of benzene rings is 8. The molecule has 0 fully saturated rings. The highest BCUT2D eigenvalue weighted by Crippen LogP contribution is 2.40. The number of nitrogens with two attached hydrogens (primary N) is 1. The van der Waals surface area contributed by atoms with E-state index in [0.717, 1.165) is 44.4 Å². The van der Waals surface area contributed by atoms with Crippen LogP contribution in [0.15, 0.2) is 182 Å². The maximum atomic E-state index is 7.74. The van der Waals surface area contributed by atoms with Crippen LogP contribution in [0, 0.1) is 0 Å². The van der Waals surface area contributed by atoms with E-state index in [0.29, 0.717) is 0 Å². The smallest absolute Gasteiger partial charge is 0.136 e. The lowest BCUT2D eigenvalue weighted by molar-refractivity contribution is 0.413. The molecule has 0 amide bonds. The zero-order valence-corrected chi connectivity index (χ0v) is 27.8. The third-order valence-electron chi connectivity index (χ3n) is 10.0. The molecule has 4 nitrogen and oxygen atoms in total. The number of fused-ring (bicyclic) bond motifs is 5. The summed E-state index contributed by atoms with van der Waals surface area (Å²) >= 11 is 0. The monoisotopic (exact) mass is 644 g/mol. The van der Waals surface area contributed by atoms with Gasteiger partial charge in [-0.15, -0.1) is 0 Å². The van der Waals surface area contributed by atoms with E-state index in [1.807, 2.05) is 36.3 Å². The standard InChI is InChI=1S/C46H36N4/c1-49(37-21-6-3-7-22-37)48-46(47,36-20-14-19-33(29-36)32-15-4-2-5-16-32)42-27-28-44(39-24-11-10-23-38(39)42)50-43-26-13-12-25-40(43)41-30-34-17-8-9-18-35(34)31-45(41)50/h2-31,48H,47H2,1H3. The number of para-hydroxylation sites is 2. The van der Waals surface area contributed by atoms with Gasteiger partial charge < -0.3 is 15.3 Å². The Kier molecular flexibility index (Phi) is 7.20. The Morgan fingerprint density at radius 3 is 1.90 bits per heavy atom. The lowest BCUT2D eigenvalue weighted by atomic mass is 9.86. The van der Waals surface area contributed by atoms with E-state index in [1.165, 1.54) is 32.6 Å². The van der Waals surface area contributed by atoms with Crippen molar-refractivity contribution in [2.24, 2.45) is 5.73 Å². The molecular formula is C46H36N4. The number of anilines is 1. The number of hydrogen-bond donors (Lipinski definition) is 2. The van der Waals surface area contributed by atoms with Gasteiger partial charge in [0, 0.05) is 28.8 Å². The summed E-state index contributed by atoms with van der Waals surface area (Å²) in [4.78, 5) is 0. The van der Waals surface area contributed by atoms with Gasteiger partial charge in [-0.2, -0.15) is 0 Å².